The smallest absolute Gasteiger partial charge is 0.340 e. The Labute approximate surface area is 217 Å². The molecule has 0 aliphatic carbocycles. The zero-order valence-corrected chi connectivity index (χ0v) is 23.9. The van der Waals surface area contributed by atoms with E-state index in [9.17, 15) is 9.90 Å². The minimum atomic E-state index is -0.900. The number of dihydropyridines is 2. The van der Waals surface area contributed by atoms with Crippen LogP contribution in [0.2, 0.25) is 0 Å². The number of hydrogen-bond donors (Lipinski definition) is 1. The van der Waals surface area contributed by atoms with Crippen molar-refractivity contribution < 1.29 is 19.4 Å². The molecule has 1 fully saturated rings. The van der Waals surface area contributed by atoms with Crippen molar-refractivity contribution in [2.24, 2.45) is 20.8 Å². The Bertz CT molecular complexity index is 944. The second-order valence-electron chi connectivity index (χ2n) is 12.7. The Morgan fingerprint density at radius 2 is 1.86 bits per heavy atom. The first-order chi connectivity index (χ1) is 16.7. The van der Waals surface area contributed by atoms with Gasteiger partial charge in [-0.1, -0.05) is 19.9 Å². The normalized spacial score (nSPS) is 27.6. The first-order valence-corrected chi connectivity index (χ1v) is 13.4. The second-order valence-corrected chi connectivity index (χ2v) is 12.7. The van der Waals surface area contributed by atoms with Crippen molar-refractivity contribution in [1.82, 2.24) is 4.90 Å². The Hall–Kier alpha value is -1.99. The highest BCUT2D eigenvalue weighted by atomic mass is 16.6. The zero-order chi connectivity index (χ0) is 26.9. The lowest BCUT2D eigenvalue weighted by Gasteiger charge is -2.48. The van der Waals surface area contributed by atoms with E-state index >= 15 is 0 Å². The minimum absolute atomic E-state index is 0.00645. The maximum absolute atomic E-state index is 13.6. The predicted molar refractivity (Wildman–Crippen MR) is 146 cm³/mol. The molecule has 3 rings (SSSR count). The van der Waals surface area contributed by atoms with Gasteiger partial charge >= 0.3 is 5.97 Å². The largest absolute Gasteiger partial charge is 0.461 e. The van der Waals surface area contributed by atoms with Crippen LogP contribution < -0.4 is 0 Å². The van der Waals surface area contributed by atoms with Gasteiger partial charge in [-0.05, 0) is 79.2 Å². The van der Waals surface area contributed by atoms with Crippen LogP contribution in [0.1, 0.15) is 81.6 Å². The fraction of sp³-hybridized carbons (Fsp3) is 0.759. The summed E-state index contributed by atoms with van der Waals surface area (Å²) in [6, 6.07) is -0.161. The van der Waals surface area contributed by atoms with Gasteiger partial charge in [-0.15, -0.1) is 0 Å². The fourth-order valence-corrected chi connectivity index (χ4v) is 5.22. The first-order valence-electron chi connectivity index (χ1n) is 13.4. The molecule has 7 nitrogen and oxygen atoms in total. The van der Waals surface area contributed by atoms with E-state index in [1.165, 1.54) is 0 Å². The number of piperidine rings is 1. The molecule has 0 amide bonds. The van der Waals surface area contributed by atoms with Crippen LogP contribution in [0.15, 0.2) is 33.4 Å². The highest BCUT2D eigenvalue weighted by Gasteiger charge is 2.47. The van der Waals surface area contributed by atoms with Crippen molar-refractivity contribution in [2.75, 3.05) is 26.2 Å². The highest BCUT2D eigenvalue weighted by Crippen LogP contribution is 2.44. The van der Waals surface area contributed by atoms with Crippen molar-refractivity contribution in [3.63, 3.8) is 0 Å². The van der Waals surface area contributed by atoms with E-state index in [0.717, 1.165) is 55.0 Å². The third kappa shape index (κ3) is 6.46. The Morgan fingerprint density at radius 1 is 1.22 bits per heavy atom. The summed E-state index contributed by atoms with van der Waals surface area (Å²) in [5.41, 5.74) is 2.70. The molecule has 2 unspecified atom stereocenters. The van der Waals surface area contributed by atoms with Gasteiger partial charge in [0.25, 0.3) is 0 Å². The molecule has 36 heavy (non-hydrogen) atoms. The van der Waals surface area contributed by atoms with Crippen molar-refractivity contribution >= 4 is 17.4 Å². The van der Waals surface area contributed by atoms with Crippen LogP contribution >= 0.6 is 0 Å². The highest BCUT2D eigenvalue weighted by molar-refractivity contribution is 6.10. The molecule has 7 heteroatoms. The summed E-state index contributed by atoms with van der Waals surface area (Å²) in [7, 11) is 0. The van der Waals surface area contributed by atoms with Gasteiger partial charge in [0.2, 0.25) is 0 Å². The van der Waals surface area contributed by atoms with E-state index in [1.807, 2.05) is 41.5 Å². The number of ether oxygens (including phenoxy) is 2. The van der Waals surface area contributed by atoms with E-state index in [-0.39, 0.29) is 24.2 Å². The molecule has 0 spiro atoms. The van der Waals surface area contributed by atoms with Crippen LogP contribution in [0.4, 0.5) is 0 Å². The average molecular weight is 502 g/mol. The number of hydrogen-bond acceptors (Lipinski definition) is 7. The summed E-state index contributed by atoms with van der Waals surface area (Å²) in [4.78, 5) is 25.9. The molecule has 0 radical (unpaired) electrons. The Kier molecular flexibility index (Phi) is 8.56. The van der Waals surface area contributed by atoms with Gasteiger partial charge in [-0.25, -0.2) is 4.79 Å². The molecule has 202 valence electrons. The summed E-state index contributed by atoms with van der Waals surface area (Å²) >= 11 is 0. The van der Waals surface area contributed by atoms with Crippen LogP contribution in [0.3, 0.4) is 0 Å². The molecule has 0 saturated carbocycles. The van der Waals surface area contributed by atoms with Gasteiger partial charge in [0.05, 0.1) is 36.3 Å². The van der Waals surface area contributed by atoms with Gasteiger partial charge < -0.3 is 19.5 Å². The number of esters is 1. The van der Waals surface area contributed by atoms with Crippen molar-refractivity contribution in [2.45, 2.75) is 105 Å². The maximum atomic E-state index is 13.6. The minimum Gasteiger partial charge on any atom is -0.461 e. The van der Waals surface area contributed by atoms with E-state index < -0.39 is 23.1 Å². The Morgan fingerprint density at radius 3 is 2.42 bits per heavy atom. The summed E-state index contributed by atoms with van der Waals surface area (Å²) in [6.07, 6.45) is 5.83. The molecule has 0 aromatic heterocycles. The molecule has 3 aliphatic rings. The number of aliphatic imine (C=N–C) groups is 2. The summed E-state index contributed by atoms with van der Waals surface area (Å²) < 4.78 is 12.2. The zero-order valence-electron chi connectivity index (χ0n) is 23.9. The lowest BCUT2D eigenvalue weighted by Crippen LogP contribution is -2.51. The van der Waals surface area contributed by atoms with Gasteiger partial charge in [0.15, 0.2) is 6.10 Å². The molecule has 0 aromatic carbocycles. The number of rotatable bonds is 7. The van der Waals surface area contributed by atoms with Crippen molar-refractivity contribution in [1.29, 1.82) is 0 Å². The number of carbonyl (C=O) groups is 1. The van der Waals surface area contributed by atoms with Crippen LogP contribution in [-0.2, 0) is 14.3 Å². The average Bonchev–Trinajstić information content (AvgIpc) is 2.78. The lowest BCUT2D eigenvalue weighted by atomic mass is 9.72. The van der Waals surface area contributed by atoms with Gasteiger partial charge in [0.1, 0.15) is 0 Å². The monoisotopic (exact) mass is 501 g/mol. The van der Waals surface area contributed by atoms with Crippen molar-refractivity contribution in [3.05, 3.63) is 23.4 Å². The number of carbonyl (C=O) groups excluding carboxylic acids is 1. The van der Waals surface area contributed by atoms with Crippen LogP contribution in [0.5, 0.6) is 0 Å². The molecule has 3 aliphatic heterocycles. The third-order valence-electron chi connectivity index (χ3n) is 7.31. The fourth-order valence-electron chi connectivity index (χ4n) is 5.22. The number of nitrogens with zero attached hydrogens (tertiary/aromatic N) is 3. The molecular weight excluding hydrogens is 454 g/mol. The Balaban J connectivity index is 2.24. The molecule has 3 atom stereocenters. The number of aliphatic hydroxyl groups is 1. The predicted octanol–water partition coefficient (Wildman–Crippen LogP) is 4.74. The first kappa shape index (κ1) is 28.6. The number of likely N-dealkylation sites (tertiary alicyclic amines) is 1. The van der Waals surface area contributed by atoms with Crippen molar-refractivity contribution in [3.8, 4) is 0 Å². The summed E-state index contributed by atoms with van der Waals surface area (Å²) in [5, 5.41) is 9.86. The molecule has 3 heterocycles. The van der Waals surface area contributed by atoms with Gasteiger partial charge in [-0.2, -0.15) is 0 Å². The molecule has 0 bridgehead atoms. The third-order valence-corrected chi connectivity index (χ3v) is 7.31. The molecule has 1 N–H and O–H groups in total. The van der Waals surface area contributed by atoms with E-state index in [1.54, 1.807) is 0 Å². The molecule has 0 aromatic rings. The van der Waals surface area contributed by atoms with Gasteiger partial charge in [0, 0.05) is 35.8 Å². The number of allylic oxidation sites excluding steroid dienone is 1. The summed E-state index contributed by atoms with van der Waals surface area (Å²) in [6.45, 7) is 20.7. The number of aliphatic hydroxyl groups excluding tert-OH is 1. The van der Waals surface area contributed by atoms with Crippen LogP contribution in [0.25, 0.3) is 0 Å². The summed E-state index contributed by atoms with van der Waals surface area (Å²) in [5.74, 6) is -0.391. The quantitative estimate of drug-likeness (QED) is 0.510. The van der Waals surface area contributed by atoms with E-state index in [4.69, 9.17) is 19.5 Å². The van der Waals surface area contributed by atoms with E-state index in [2.05, 4.69) is 37.8 Å². The van der Waals surface area contributed by atoms with Crippen LogP contribution in [0, 0.1) is 10.8 Å². The van der Waals surface area contributed by atoms with E-state index in [0.29, 0.717) is 6.54 Å². The molecular formula is C29H47N3O4. The second kappa shape index (κ2) is 10.8. The maximum Gasteiger partial charge on any atom is 0.340 e. The topological polar surface area (TPSA) is 83.7 Å². The van der Waals surface area contributed by atoms with Crippen LogP contribution in [-0.4, -0.2) is 77.5 Å². The van der Waals surface area contributed by atoms with Gasteiger partial charge in [-0.3, -0.25) is 9.98 Å². The molecule has 1 saturated heterocycles. The lowest BCUT2D eigenvalue weighted by molar-refractivity contribution is -0.165. The standard InChI is InChI=1S/C29H47N3O4/c1-19(2)35-26(34)24(36-27(4,5)6)23-20(3)30-18-29(9,22-12-10-11-21(17-33)31-22)25(23)32-15-13-28(7,8)14-16-32/h10,12,19,21,24,33H,11,13-18H2,1-9H3/t21?,24-,29?/m0/s1. The SMILES string of the molecule is CC1=NCC(C)(C2=NC(CO)CC=C2)C(N2CCC(C)(C)CC2)=C1[C@H](OC(C)(C)C)C(=O)OC(C)C.